The van der Waals surface area contributed by atoms with Gasteiger partial charge in [0.15, 0.2) is 5.78 Å². The number of anilines is 2. The maximum Gasteiger partial charge on any atom is 0.573 e. The van der Waals surface area contributed by atoms with Gasteiger partial charge in [0.25, 0.3) is 0 Å². The van der Waals surface area contributed by atoms with Crippen LogP contribution in [0.3, 0.4) is 0 Å². The highest BCUT2D eigenvalue weighted by molar-refractivity contribution is 6.01. The number of nitrogen functional groups attached to an aromatic ring is 2. The van der Waals surface area contributed by atoms with Crippen LogP contribution in [-0.2, 0) is 9.59 Å². The molecule has 5 aromatic rings. The number of carbonyl (C=O) groups is 4. The quantitative estimate of drug-likeness (QED) is 0.0199. The van der Waals surface area contributed by atoms with E-state index < -0.39 is 65.9 Å². The van der Waals surface area contributed by atoms with Gasteiger partial charge in [0.1, 0.15) is 23.0 Å². The van der Waals surface area contributed by atoms with Gasteiger partial charge in [-0.2, -0.15) is 0 Å². The van der Waals surface area contributed by atoms with Crippen LogP contribution in [0.4, 0.5) is 37.7 Å². The van der Waals surface area contributed by atoms with Crippen molar-refractivity contribution in [2.45, 2.75) is 30.9 Å². The summed E-state index contributed by atoms with van der Waals surface area (Å²) in [5.74, 6) is -9.35. The van der Waals surface area contributed by atoms with Crippen LogP contribution in [0.2, 0.25) is 0 Å². The average molecular weight is 851 g/mol. The molecule has 0 amide bonds. The molecule has 1 atom stereocenters. The zero-order valence-corrected chi connectivity index (χ0v) is 31.1. The first-order chi connectivity index (χ1) is 28.6. The van der Waals surface area contributed by atoms with Gasteiger partial charge in [-0.3, -0.25) is 9.59 Å². The summed E-state index contributed by atoms with van der Waals surface area (Å²) in [7, 11) is 0. The number of carbonyl (C=O) groups excluding carboxylic acids is 4. The molecule has 0 aliphatic carbocycles. The minimum Gasteiger partial charge on any atom is -0.423 e. The molecule has 0 saturated carbocycles. The van der Waals surface area contributed by atoms with E-state index in [1.54, 1.807) is 0 Å². The number of aliphatic hydroxyl groups is 2. The standard InChI is InChI=1S/C43H32F6N2O10/c44-42(45,46)60-33-17-7-27(8-18-33)39(54)58-31-13-2-25(3-14-31)1-12-30(52)24-36(35-21-11-29(50)23-37(35)51)41(56,57)38(53)22-6-26-4-15-32(16-5-26)59-40(55)28-9-19-34(20-10-28)61-43(47,48)49/h1-23,36,56-57H,24,50-51H2/b12-1+,22-6+. The number of ketones is 2. The third-order valence-corrected chi connectivity index (χ3v) is 8.46. The van der Waals surface area contributed by atoms with E-state index in [9.17, 15) is 55.7 Å². The van der Waals surface area contributed by atoms with Crippen molar-refractivity contribution in [2.24, 2.45) is 0 Å². The van der Waals surface area contributed by atoms with Crippen LogP contribution >= 0.6 is 0 Å². The summed E-state index contributed by atoms with van der Waals surface area (Å²) in [6.45, 7) is 0. The molecular weight excluding hydrogens is 818 g/mol. The minimum absolute atomic E-state index is 0.0301. The molecule has 6 N–H and O–H groups in total. The number of allylic oxidation sites excluding steroid dienone is 1. The van der Waals surface area contributed by atoms with Crippen molar-refractivity contribution in [1.82, 2.24) is 0 Å². The predicted molar refractivity (Wildman–Crippen MR) is 207 cm³/mol. The summed E-state index contributed by atoms with van der Waals surface area (Å²) in [6, 6.07) is 23.5. The molecule has 0 heterocycles. The van der Waals surface area contributed by atoms with Crippen LogP contribution < -0.4 is 30.4 Å². The number of esters is 2. The molecule has 0 fully saturated rings. The highest BCUT2D eigenvalue weighted by Gasteiger charge is 2.43. The van der Waals surface area contributed by atoms with Crippen LogP contribution in [0.5, 0.6) is 23.0 Å². The summed E-state index contributed by atoms with van der Waals surface area (Å²) >= 11 is 0. The Kier molecular flexibility index (Phi) is 13.7. The normalized spacial score (nSPS) is 12.5. The molecule has 0 spiro atoms. The molecule has 316 valence electrons. The number of benzene rings is 5. The van der Waals surface area contributed by atoms with Gasteiger partial charge >= 0.3 is 24.7 Å². The summed E-state index contributed by atoms with van der Waals surface area (Å²) in [5, 5.41) is 22.5. The van der Waals surface area contributed by atoms with Gasteiger partial charge < -0.3 is 40.6 Å². The first-order valence-electron chi connectivity index (χ1n) is 17.5. The number of ether oxygens (including phenoxy) is 4. The Morgan fingerprint density at radius 3 is 1.39 bits per heavy atom. The van der Waals surface area contributed by atoms with Crippen LogP contribution in [0.15, 0.2) is 127 Å². The fourth-order valence-corrected chi connectivity index (χ4v) is 5.52. The van der Waals surface area contributed by atoms with Crippen molar-refractivity contribution >= 4 is 47.0 Å². The Labute approximate surface area is 341 Å². The van der Waals surface area contributed by atoms with Crippen LogP contribution in [-0.4, -0.2) is 52.2 Å². The zero-order valence-electron chi connectivity index (χ0n) is 31.1. The Morgan fingerprint density at radius 2 is 0.984 bits per heavy atom. The lowest BCUT2D eigenvalue weighted by atomic mass is 9.82. The van der Waals surface area contributed by atoms with E-state index in [0.717, 1.165) is 60.7 Å². The molecule has 61 heavy (non-hydrogen) atoms. The fraction of sp³-hybridized carbons (Fsp3) is 0.116. The summed E-state index contributed by atoms with van der Waals surface area (Å²) in [6.07, 6.45) is -5.85. The average Bonchev–Trinajstić information content (AvgIpc) is 3.18. The van der Waals surface area contributed by atoms with Crippen molar-refractivity contribution in [3.8, 4) is 23.0 Å². The van der Waals surface area contributed by atoms with Crippen molar-refractivity contribution in [1.29, 1.82) is 0 Å². The molecule has 0 bridgehead atoms. The molecule has 18 heteroatoms. The molecule has 0 aliphatic heterocycles. The lowest BCUT2D eigenvalue weighted by molar-refractivity contribution is -0.275. The van der Waals surface area contributed by atoms with Gasteiger partial charge in [0.2, 0.25) is 11.6 Å². The highest BCUT2D eigenvalue weighted by atomic mass is 19.4. The summed E-state index contributed by atoms with van der Waals surface area (Å²) < 4.78 is 92.5. The third-order valence-electron chi connectivity index (χ3n) is 8.46. The molecule has 0 aromatic heterocycles. The van der Waals surface area contributed by atoms with E-state index in [4.69, 9.17) is 20.9 Å². The number of hydrogen-bond donors (Lipinski definition) is 4. The molecule has 0 radical (unpaired) electrons. The number of hydrogen-bond acceptors (Lipinski definition) is 12. The molecular formula is C43H32F6N2O10. The number of nitrogens with two attached hydrogens (primary N) is 2. The van der Waals surface area contributed by atoms with E-state index in [0.29, 0.717) is 11.1 Å². The van der Waals surface area contributed by atoms with Gasteiger partial charge in [-0.1, -0.05) is 42.5 Å². The largest absolute Gasteiger partial charge is 0.573 e. The Balaban J connectivity index is 1.22. The van der Waals surface area contributed by atoms with Gasteiger partial charge in [-0.05, 0) is 114 Å². The maximum atomic E-state index is 13.3. The van der Waals surface area contributed by atoms with E-state index in [2.05, 4.69) is 9.47 Å². The van der Waals surface area contributed by atoms with Crippen molar-refractivity contribution in [2.75, 3.05) is 11.5 Å². The molecule has 0 saturated heterocycles. The van der Waals surface area contributed by atoms with Crippen molar-refractivity contribution in [3.63, 3.8) is 0 Å². The summed E-state index contributed by atoms with van der Waals surface area (Å²) in [4.78, 5) is 51.5. The topological polar surface area (TPSA) is 198 Å². The number of halogens is 6. The lowest BCUT2D eigenvalue weighted by Crippen LogP contribution is -2.44. The van der Waals surface area contributed by atoms with Gasteiger partial charge in [-0.25, -0.2) is 9.59 Å². The summed E-state index contributed by atoms with van der Waals surface area (Å²) in [5.41, 5.74) is 12.8. The van der Waals surface area contributed by atoms with E-state index >= 15 is 0 Å². The van der Waals surface area contributed by atoms with Gasteiger partial charge in [-0.15, -0.1) is 26.3 Å². The monoisotopic (exact) mass is 850 g/mol. The fourth-order valence-electron chi connectivity index (χ4n) is 5.52. The second-order valence-electron chi connectivity index (χ2n) is 12.9. The molecule has 5 rings (SSSR count). The van der Waals surface area contributed by atoms with E-state index in [-0.39, 0.29) is 39.6 Å². The SMILES string of the molecule is Nc1ccc(C(CC(=O)/C=C/c2ccc(OC(=O)c3ccc(OC(F)(F)F)cc3)cc2)C(O)(O)C(=O)/C=C/c2ccc(OC(=O)c3ccc(OC(F)(F)F)cc3)cc2)c(N)c1. The minimum atomic E-state index is -4.91. The van der Waals surface area contributed by atoms with Gasteiger partial charge in [0, 0.05) is 17.8 Å². The predicted octanol–water partition coefficient (Wildman–Crippen LogP) is 7.81. The second-order valence-corrected chi connectivity index (χ2v) is 12.9. The second kappa shape index (κ2) is 18.6. The molecule has 0 aliphatic rings. The smallest absolute Gasteiger partial charge is 0.423 e. The first-order valence-corrected chi connectivity index (χ1v) is 17.5. The number of rotatable bonds is 15. The molecule has 5 aromatic carbocycles. The van der Waals surface area contributed by atoms with Crippen molar-refractivity contribution < 1.29 is 74.7 Å². The Bertz CT molecular complexity index is 2430. The molecule has 12 nitrogen and oxygen atoms in total. The number of alkyl halides is 6. The maximum absolute atomic E-state index is 13.3. The lowest BCUT2D eigenvalue weighted by Gasteiger charge is -2.30. The van der Waals surface area contributed by atoms with E-state index in [1.807, 2.05) is 0 Å². The first kappa shape index (κ1) is 44.7. The van der Waals surface area contributed by atoms with Gasteiger partial charge in [0.05, 0.1) is 17.0 Å². The van der Waals surface area contributed by atoms with Crippen LogP contribution in [0.25, 0.3) is 12.2 Å². The Morgan fingerprint density at radius 1 is 0.574 bits per heavy atom. The Hall–Kier alpha value is -7.44. The molecule has 1 unspecified atom stereocenters. The van der Waals surface area contributed by atoms with Crippen molar-refractivity contribution in [3.05, 3.63) is 155 Å². The van der Waals surface area contributed by atoms with Crippen LogP contribution in [0, 0.1) is 0 Å². The highest BCUT2D eigenvalue weighted by Crippen LogP contribution is 2.36. The third kappa shape index (κ3) is 13.0. The zero-order chi connectivity index (χ0) is 44.5. The van der Waals surface area contributed by atoms with Crippen LogP contribution in [0.1, 0.15) is 49.7 Å². The van der Waals surface area contributed by atoms with E-state index in [1.165, 1.54) is 78.9 Å².